The van der Waals surface area contributed by atoms with Crippen molar-refractivity contribution in [3.8, 4) is 5.75 Å². The van der Waals surface area contributed by atoms with Gasteiger partial charge in [-0.1, -0.05) is 34.1 Å². The average Bonchev–Trinajstić information content (AvgIpc) is 2.26. The fraction of sp³-hybridized carbons (Fsp3) is 0.0833. The van der Waals surface area contributed by atoms with Gasteiger partial charge in [-0.05, 0) is 29.8 Å². The van der Waals surface area contributed by atoms with Crippen molar-refractivity contribution in [2.24, 2.45) is 0 Å². The van der Waals surface area contributed by atoms with Crippen molar-refractivity contribution in [3.05, 3.63) is 45.9 Å². The molecule has 0 bridgehead atoms. The molecule has 1 N–H and O–H groups in total. The van der Waals surface area contributed by atoms with E-state index in [-0.39, 0.29) is 6.61 Å². The van der Waals surface area contributed by atoms with Gasteiger partial charge in [-0.25, -0.2) is 4.79 Å². The predicted octanol–water partition coefficient (Wildman–Crippen LogP) is 3.68. The van der Waals surface area contributed by atoms with Crippen LogP contribution in [0.5, 0.6) is 5.75 Å². The van der Waals surface area contributed by atoms with Crippen LogP contribution in [-0.4, -0.2) is 17.7 Å². The van der Waals surface area contributed by atoms with Gasteiger partial charge >= 0.3 is 5.97 Å². The standard InChI is InChI=1S/C12H10BrClO3/c1-8(14)7-17-10-3-4-11(13)9(6-10)2-5-12(15)16/h2-6H,1,7H2,(H,15,16)/b5-2+. The van der Waals surface area contributed by atoms with E-state index in [2.05, 4.69) is 22.5 Å². The molecule has 3 nitrogen and oxygen atoms in total. The Morgan fingerprint density at radius 3 is 2.88 bits per heavy atom. The molecule has 0 aliphatic heterocycles. The highest BCUT2D eigenvalue weighted by Crippen LogP contribution is 2.24. The number of carboxylic acids is 1. The van der Waals surface area contributed by atoms with Crippen LogP contribution >= 0.6 is 27.5 Å². The number of carboxylic acid groups (broad SMARTS) is 1. The molecular formula is C12H10BrClO3. The Labute approximate surface area is 112 Å². The molecule has 1 aromatic carbocycles. The second-order valence-electron chi connectivity index (χ2n) is 3.16. The van der Waals surface area contributed by atoms with E-state index in [1.165, 1.54) is 6.08 Å². The molecule has 90 valence electrons. The maximum Gasteiger partial charge on any atom is 0.328 e. The summed E-state index contributed by atoms with van der Waals surface area (Å²) in [6, 6.07) is 5.24. The summed E-state index contributed by atoms with van der Waals surface area (Å²) < 4.78 is 6.12. The van der Waals surface area contributed by atoms with Gasteiger partial charge in [0.2, 0.25) is 0 Å². The highest BCUT2D eigenvalue weighted by Gasteiger charge is 2.01. The third kappa shape index (κ3) is 5.06. The Kier molecular flexibility index (Phi) is 5.25. The third-order valence-electron chi connectivity index (χ3n) is 1.77. The normalized spacial score (nSPS) is 10.5. The first-order chi connectivity index (χ1) is 7.99. The van der Waals surface area contributed by atoms with Crippen LogP contribution in [0, 0.1) is 0 Å². The number of hydrogen-bond donors (Lipinski definition) is 1. The predicted molar refractivity (Wildman–Crippen MR) is 71.3 cm³/mol. The molecule has 0 amide bonds. The van der Waals surface area contributed by atoms with E-state index in [9.17, 15) is 4.79 Å². The fourth-order valence-corrected chi connectivity index (χ4v) is 1.50. The number of rotatable bonds is 5. The second kappa shape index (κ2) is 6.47. The molecule has 5 heteroatoms. The van der Waals surface area contributed by atoms with Crippen molar-refractivity contribution in [1.29, 1.82) is 0 Å². The topological polar surface area (TPSA) is 46.5 Å². The first-order valence-corrected chi connectivity index (χ1v) is 5.83. The smallest absolute Gasteiger partial charge is 0.328 e. The van der Waals surface area contributed by atoms with Gasteiger partial charge in [-0.15, -0.1) is 0 Å². The Hall–Kier alpha value is -1.26. The molecule has 0 aliphatic carbocycles. The molecule has 1 rings (SSSR count). The molecule has 0 saturated carbocycles. The molecular weight excluding hydrogens is 307 g/mol. The summed E-state index contributed by atoms with van der Waals surface area (Å²) >= 11 is 8.90. The minimum absolute atomic E-state index is 0.214. The highest BCUT2D eigenvalue weighted by molar-refractivity contribution is 9.10. The molecule has 0 unspecified atom stereocenters. The summed E-state index contributed by atoms with van der Waals surface area (Å²) in [6.45, 7) is 3.72. The van der Waals surface area contributed by atoms with Crippen molar-refractivity contribution in [2.75, 3.05) is 6.61 Å². The number of benzene rings is 1. The van der Waals surface area contributed by atoms with E-state index in [0.717, 1.165) is 10.5 Å². The van der Waals surface area contributed by atoms with Crippen molar-refractivity contribution in [3.63, 3.8) is 0 Å². The molecule has 0 radical (unpaired) electrons. The zero-order valence-electron chi connectivity index (χ0n) is 8.82. The average molecular weight is 318 g/mol. The van der Waals surface area contributed by atoms with Gasteiger partial charge in [0.1, 0.15) is 12.4 Å². The van der Waals surface area contributed by atoms with E-state index >= 15 is 0 Å². The molecule has 17 heavy (non-hydrogen) atoms. The molecule has 0 aromatic heterocycles. The van der Waals surface area contributed by atoms with E-state index in [4.69, 9.17) is 21.4 Å². The second-order valence-corrected chi connectivity index (χ2v) is 4.55. The number of hydrogen-bond acceptors (Lipinski definition) is 2. The van der Waals surface area contributed by atoms with Gasteiger partial charge in [0.15, 0.2) is 0 Å². The van der Waals surface area contributed by atoms with Gasteiger partial charge in [-0.3, -0.25) is 0 Å². The molecule has 0 atom stereocenters. The van der Waals surface area contributed by atoms with Gasteiger partial charge < -0.3 is 9.84 Å². The Morgan fingerprint density at radius 2 is 2.29 bits per heavy atom. The zero-order valence-corrected chi connectivity index (χ0v) is 11.2. The van der Waals surface area contributed by atoms with Crippen LogP contribution in [0.2, 0.25) is 0 Å². The molecule has 0 aliphatic rings. The summed E-state index contributed by atoms with van der Waals surface area (Å²) in [6.07, 6.45) is 2.54. The molecule has 0 spiro atoms. The number of ether oxygens (including phenoxy) is 1. The first kappa shape index (κ1) is 13.8. The maximum absolute atomic E-state index is 10.4. The van der Waals surface area contributed by atoms with Crippen LogP contribution < -0.4 is 4.74 Å². The van der Waals surface area contributed by atoms with Crippen LogP contribution in [0.4, 0.5) is 0 Å². The molecule has 0 heterocycles. The minimum atomic E-state index is -1.00. The van der Waals surface area contributed by atoms with Crippen LogP contribution in [0.3, 0.4) is 0 Å². The van der Waals surface area contributed by atoms with Gasteiger partial charge in [0, 0.05) is 15.6 Å². The van der Waals surface area contributed by atoms with E-state index in [0.29, 0.717) is 16.3 Å². The summed E-state index contributed by atoms with van der Waals surface area (Å²) in [5.41, 5.74) is 0.713. The van der Waals surface area contributed by atoms with Crippen LogP contribution in [0.1, 0.15) is 5.56 Å². The van der Waals surface area contributed by atoms with Crippen molar-refractivity contribution >= 4 is 39.6 Å². The molecule has 0 fully saturated rings. The number of carbonyl (C=O) groups is 1. The Balaban J connectivity index is 2.86. The summed E-state index contributed by atoms with van der Waals surface area (Å²) in [5.74, 6) is -0.405. The largest absolute Gasteiger partial charge is 0.488 e. The Morgan fingerprint density at radius 1 is 1.59 bits per heavy atom. The van der Waals surface area contributed by atoms with Gasteiger partial charge in [0.25, 0.3) is 0 Å². The summed E-state index contributed by atoms with van der Waals surface area (Å²) in [5, 5.41) is 8.95. The van der Waals surface area contributed by atoms with E-state index in [1.54, 1.807) is 18.2 Å². The number of aliphatic carboxylic acids is 1. The van der Waals surface area contributed by atoms with Crippen molar-refractivity contribution in [1.82, 2.24) is 0 Å². The zero-order chi connectivity index (χ0) is 12.8. The van der Waals surface area contributed by atoms with Crippen LogP contribution in [0.25, 0.3) is 6.08 Å². The Bertz CT molecular complexity index is 469. The van der Waals surface area contributed by atoms with E-state index in [1.807, 2.05) is 0 Å². The molecule has 0 saturated heterocycles. The third-order valence-corrected chi connectivity index (χ3v) is 2.60. The quantitative estimate of drug-likeness (QED) is 0.843. The first-order valence-electron chi connectivity index (χ1n) is 4.65. The summed E-state index contributed by atoms with van der Waals surface area (Å²) in [7, 11) is 0. The fourth-order valence-electron chi connectivity index (χ4n) is 1.06. The van der Waals surface area contributed by atoms with Crippen LogP contribution in [0.15, 0.2) is 40.4 Å². The maximum atomic E-state index is 10.4. The number of halogens is 2. The highest BCUT2D eigenvalue weighted by atomic mass is 79.9. The van der Waals surface area contributed by atoms with Crippen molar-refractivity contribution < 1.29 is 14.6 Å². The lowest BCUT2D eigenvalue weighted by Crippen LogP contribution is -1.96. The van der Waals surface area contributed by atoms with Gasteiger partial charge in [-0.2, -0.15) is 0 Å². The lowest BCUT2D eigenvalue weighted by atomic mass is 10.2. The lowest BCUT2D eigenvalue weighted by molar-refractivity contribution is -0.131. The van der Waals surface area contributed by atoms with Gasteiger partial charge in [0.05, 0.1) is 0 Å². The van der Waals surface area contributed by atoms with Crippen molar-refractivity contribution in [2.45, 2.75) is 0 Å². The minimum Gasteiger partial charge on any atom is -0.488 e. The van der Waals surface area contributed by atoms with E-state index < -0.39 is 5.97 Å². The lowest BCUT2D eigenvalue weighted by Gasteiger charge is -2.06. The molecule has 1 aromatic rings. The van der Waals surface area contributed by atoms with Crippen LogP contribution in [-0.2, 0) is 4.79 Å². The SMILES string of the molecule is C=C(Cl)COc1ccc(Br)c(/C=C/C(=O)O)c1. The monoisotopic (exact) mass is 316 g/mol. The summed E-state index contributed by atoms with van der Waals surface area (Å²) in [4.78, 5) is 10.4.